The summed E-state index contributed by atoms with van der Waals surface area (Å²) >= 11 is 0. The highest BCUT2D eigenvalue weighted by Gasteiger charge is 2.39. The topological polar surface area (TPSA) is 21.3 Å². The standard InChI is InChI=1S/C10H17NO/c1-8-7-12-10(9(8)2)3-5-11-6-4-10/h11H,3-7H2,1-2H3. The second-order valence-electron chi connectivity index (χ2n) is 3.94. The van der Waals surface area contributed by atoms with Crippen molar-refractivity contribution >= 4 is 0 Å². The molecule has 0 bridgehead atoms. The first kappa shape index (κ1) is 8.27. The normalized spacial score (nSPS) is 28.5. The zero-order chi connectivity index (χ0) is 8.60. The molecule has 2 nitrogen and oxygen atoms in total. The maximum absolute atomic E-state index is 5.89. The van der Waals surface area contributed by atoms with Gasteiger partial charge in [-0.05, 0) is 50.9 Å². The zero-order valence-corrected chi connectivity index (χ0v) is 7.94. The van der Waals surface area contributed by atoms with Gasteiger partial charge in [0.2, 0.25) is 0 Å². The van der Waals surface area contributed by atoms with E-state index in [1.807, 2.05) is 0 Å². The lowest BCUT2D eigenvalue weighted by molar-refractivity contribution is -0.00582. The second kappa shape index (κ2) is 2.86. The Kier molecular flexibility index (Phi) is 1.97. The molecule has 2 heterocycles. The molecule has 0 saturated carbocycles. The smallest absolute Gasteiger partial charge is 0.0920 e. The fraction of sp³-hybridized carbons (Fsp3) is 0.800. The molecule has 0 unspecified atom stereocenters. The Morgan fingerprint density at radius 1 is 1.25 bits per heavy atom. The average molecular weight is 167 g/mol. The van der Waals surface area contributed by atoms with Crippen molar-refractivity contribution in [2.45, 2.75) is 32.3 Å². The van der Waals surface area contributed by atoms with Crippen molar-refractivity contribution < 1.29 is 4.74 Å². The van der Waals surface area contributed by atoms with E-state index < -0.39 is 0 Å². The molecule has 0 aromatic heterocycles. The minimum atomic E-state index is 0.120. The fourth-order valence-electron chi connectivity index (χ4n) is 2.20. The lowest BCUT2D eigenvalue weighted by atomic mass is 9.85. The Morgan fingerprint density at radius 2 is 1.92 bits per heavy atom. The van der Waals surface area contributed by atoms with Crippen LogP contribution in [-0.2, 0) is 4.74 Å². The van der Waals surface area contributed by atoms with Crippen LogP contribution in [0, 0.1) is 0 Å². The van der Waals surface area contributed by atoms with E-state index in [-0.39, 0.29) is 5.60 Å². The van der Waals surface area contributed by atoms with Gasteiger partial charge in [0.1, 0.15) is 0 Å². The minimum Gasteiger partial charge on any atom is -0.366 e. The second-order valence-corrected chi connectivity index (χ2v) is 3.94. The number of hydrogen-bond donors (Lipinski definition) is 1. The summed E-state index contributed by atoms with van der Waals surface area (Å²) in [5.74, 6) is 0. The van der Waals surface area contributed by atoms with Gasteiger partial charge in [-0.2, -0.15) is 0 Å². The molecule has 2 aliphatic rings. The minimum absolute atomic E-state index is 0.120. The largest absolute Gasteiger partial charge is 0.366 e. The molecule has 0 atom stereocenters. The van der Waals surface area contributed by atoms with Crippen LogP contribution >= 0.6 is 0 Å². The van der Waals surface area contributed by atoms with E-state index in [1.165, 1.54) is 11.1 Å². The van der Waals surface area contributed by atoms with Gasteiger partial charge in [0.15, 0.2) is 0 Å². The van der Waals surface area contributed by atoms with Gasteiger partial charge in [-0.1, -0.05) is 0 Å². The molecule has 1 N–H and O–H groups in total. The third-order valence-corrected chi connectivity index (χ3v) is 3.30. The van der Waals surface area contributed by atoms with Crippen LogP contribution < -0.4 is 5.32 Å². The van der Waals surface area contributed by atoms with Crippen LogP contribution in [0.5, 0.6) is 0 Å². The summed E-state index contributed by atoms with van der Waals surface area (Å²) in [6.07, 6.45) is 2.30. The molecule has 0 amide bonds. The quantitative estimate of drug-likeness (QED) is 0.552. The van der Waals surface area contributed by atoms with Crippen molar-refractivity contribution in [3.05, 3.63) is 11.1 Å². The number of ether oxygens (including phenoxy) is 1. The maximum atomic E-state index is 5.89. The zero-order valence-electron chi connectivity index (χ0n) is 7.94. The van der Waals surface area contributed by atoms with Crippen molar-refractivity contribution in [2.75, 3.05) is 19.7 Å². The predicted molar refractivity (Wildman–Crippen MR) is 49.2 cm³/mol. The van der Waals surface area contributed by atoms with E-state index in [4.69, 9.17) is 4.74 Å². The molecule has 2 heteroatoms. The highest BCUT2D eigenvalue weighted by molar-refractivity contribution is 5.27. The van der Waals surface area contributed by atoms with Crippen LogP contribution in [0.3, 0.4) is 0 Å². The van der Waals surface area contributed by atoms with Crippen molar-refractivity contribution in [3.63, 3.8) is 0 Å². The van der Waals surface area contributed by atoms with Gasteiger partial charge >= 0.3 is 0 Å². The molecule has 1 fully saturated rings. The first-order valence-corrected chi connectivity index (χ1v) is 4.76. The van der Waals surface area contributed by atoms with E-state index in [9.17, 15) is 0 Å². The van der Waals surface area contributed by atoms with E-state index in [0.717, 1.165) is 32.5 Å². The summed E-state index contributed by atoms with van der Waals surface area (Å²) in [6.45, 7) is 7.47. The molecule has 1 saturated heterocycles. The van der Waals surface area contributed by atoms with Crippen molar-refractivity contribution in [3.8, 4) is 0 Å². The summed E-state index contributed by atoms with van der Waals surface area (Å²) in [4.78, 5) is 0. The summed E-state index contributed by atoms with van der Waals surface area (Å²) in [6, 6.07) is 0. The lowest BCUT2D eigenvalue weighted by Crippen LogP contribution is -2.42. The Labute approximate surface area is 74.0 Å². The Morgan fingerprint density at radius 3 is 2.42 bits per heavy atom. The van der Waals surface area contributed by atoms with Crippen LogP contribution in [0.25, 0.3) is 0 Å². The summed E-state index contributed by atoms with van der Waals surface area (Å²) in [7, 11) is 0. The van der Waals surface area contributed by atoms with Crippen LogP contribution in [0.2, 0.25) is 0 Å². The highest BCUT2D eigenvalue weighted by atomic mass is 16.5. The summed E-state index contributed by atoms with van der Waals surface area (Å²) < 4.78 is 5.89. The third kappa shape index (κ3) is 1.10. The predicted octanol–water partition coefficient (Wildman–Crippen LogP) is 1.48. The molecule has 0 radical (unpaired) electrons. The summed E-state index contributed by atoms with van der Waals surface area (Å²) in [5.41, 5.74) is 3.05. The van der Waals surface area contributed by atoms with Gasteiger partial charge in [0, 0.05) is 0 Å². The molecular formula is C10H17NO. The average Bonchev–Trinajstić information content (AvgIpc) is 2.37. The molecular weight excluding hydrogens is 150 g/mol. The van der Waals surface area contributed by atoms with Crippen LogP contribution in [-0.4, -0.2) is 25.3 Å². The molecule has 1 spiro atoms. The maximum Gasteiger partial charge on any atom is 0.0920 e. The van der Waals surface area contributed by atoms with Crippen molar-refractivity contribution in [1.29, 1.82) is 0 Å². The van der Waals surface area contributed by atoms with E-state index in [2.05, 4.69) is 19.2 Å². The number of hydrogen-bond acceptors (Lipinski definition) is 2. The number of rotatable bonds is 0. The first-order chi connectivity index (χ1) is 5.75. The Balaban J connectivity index is 2.21. The molecule has 0 aromatic rings. The third-order valence-electron chi connectivity index (χ3n) is 3.30. The monoisotopic (exact) mass is 167 g/mol. The molecule has 0 aromatic carbocycles. The molecule has 0 aliphatic carbocycles. The van der Waals surface area contributed by atoms with Gasteiger partial charge < -0.3 is 10.1 Å². The van der Waals surface area contributed by atoms with Gasteiger partial charge in [0.05, 0.1) is 12.2 Å². The molecule has 12 heavy (non-hydrogen) atoms. The summed E-state index contributed by atoms with van der Waals surface area (Å²) in [5, 5.41) is 3.37. The van der Waals surface area contributed by atoms with Crippen molar-refractivity contribution in [2.24, 2.45) is 0 Å². The molecule has 2 rings (SSSR count). The van der Waals surface area contributed by atoms with E-state index in [0.29, 0.717) is 0 Å². The van der Waals surface area contributed by atoms with E-state index >= 15 is 0 Å². The SMILES string of the molecule is CC1=C(C)C2(CCNCC2)OC1. The van der Waals surface area contributed by atoms with Gasteiger partial charge in [-0.15, -0.1) is 0 Å². The van der Waals surface area contributed by atoms with Crippen LogP contribution in [0.4, 0.5) is 0 Å². The van der Waals surface area contributed by atoms with Crippen molar-refractivity contribution in [1.82, 2.24) is 5.32 Å². The Bertz CT molecular complexity index is 214. The molecule has 2 aliphatic heterocycles. The van der Waals surface area contributed by atoms with Crippen LogP contribution in [0.15, 0.2) is 11.1 Å². The van der Waals surface area contributed by atoms with Gasteiger partial charge in [-0.25, -0.2) is 0 Å². The van der Waals surface area contributed by atoms with E-state index in [1.54, 1.807) is 0 Å². The number of nitrogens with one attached hydrogen (secondary N) is 1. The highest BCUT2D eigenvalue weighted by Crippen LogP contribution is 2.37. The molecule has 68 valence electrons. The Hall–Kier alpha value is -0.340. The fourth-order valence-corrected chi connectivity index (χ4v) is 2.20. The number of piperidine rings is 1. The van der Waals surface area contributed by atoms with Crippen LogP contribution in [0.1, 0.15) is 26.7 Å². The van der Waals surface area contributed by atoms with Gasteiger partial charge in [-0.3, -0.25) is 0 Å². The van der Waals surface area contributed by atoms with Gasteiger partial charge in [0.25, 0.3) is 0 Å². The first-order valence-electron chi connectivity index (χ1n) is 4.76. The lowest BCUT2D eigenvalue weighted by Gasteiger charge is -2.34.